The molecule has 0 aliphatic carbocycles. The number of carboxylic acid groups (broad SMARTS) is 1. The van der Waals surface area contributed by atoms with Gasteiger partial charge in [0.25, 0.3) is 0 Å². The number of aromatic nitrogens is 1. The lowest BCUT2D eigenvalue weighted by molar-refractivity contribution is 0.0697. The van der Waals surface area contributed by atoms with Crippen molar-refractivity contribution in [1.82, 2.24) is 4.57 Å². The van der Waals surface area contributed by atoms with Crippen molar-refractivity contribution in [3.63, 3.8) is 0 Å². The summed E-state index contributed by atoms with van der Waals surface area (Å²) in [4.78, 5) is 15.3. The maximum Gasteiger partial charge on any atom is 0.335 e. The second kappa shape index (κ2) is 6.54. The Labute approximate surface area is 140 Å². The molecule has 120 valence electrons. The molecule has 3 rings (SSSR count). The normalized spacial score (nSPS) is 11.1. The first-order valence-electron chi connectivity index (χ1n) is 7.68. The zero-order chi connectivity index (χ0) is 17.1. The smallest absolute Gasteiger partial charge is 0.335 e. The quantitative estimate of drug-likeness (QED) is 0.718. The number of hydrogen-bond donors (Lipinski definition) is 1. The van der Waals surface area contributed by atoms with Crippen LogP contribution in [-0.4, -0.2) is 21.9 Å². The zero-order valence-electron chi connectivity index (χ0n) is 13.6. The van der Waals surface area contributed by atoms with Crippen molar-refractivity contribution in [2.75, 3.05) is 0 Å². The highest BCUT2D eigenvalue weighted by atomic mass is 16.4. The molecule has 0 radical (unpaired) electrons. The molecule has 24 heavy (non-hydrogen) atoms. The number of nitrogens with zero attached hydrogens (tertiary/aromatic N) is 2. The van der Waals surface area contributed by atoms with Gasteiger partial charge in [-0.25, -0.2) is 4.79 Å². The third-order valence-corrected chi connectivity index (χ3v) is 3.95. The van der Waals surface area contributed by atoms with Gasteiger partial charge < -0.3 is 9.67 Å². The first-order valence-corrected chi connectivity index (χ1v) is 7.68. The summed E-state index contributed by atoms with van der Waals surface area (Å²) in [6.45, 7) is 4.13. The van der Waals surface area contributed by atoms with Gasteiger partial charge in [0.05, 0.1) is 11.3 Å². The van der Waals surface area contributed by atoms with E-state index in [9.17, 15) is 4.79 Å². The van der Waals surface area contributed by atoms with Crippen LogP contribution in [0.5, 0.6) is 0 Å². The van der Waals surface area contributed by atoms with Gasteiger partial charge in [0, 0.05) is 28.9 Å². The van der Waals surface area contributed by atoms with E-state index < -0.39 is 5.97 Å². The number of rotatable bonds is 4. The largest absolute Gasteiger partial charge is 0.478 e. The molecule has 0 saturated carbocycles. The summed E-state index contributed by atoms with van der Waals surface area (Å²) in [5.41, 5.74) is 5.41. The molecule has 2 aromatic carbocycles. The fraction of sp³-hybridized carbons (Fsp3) is 0.100. The maximum atomic E-state index is 10.9. The fourth-order valence-corrected chi connectivity index (χ4v) is 2.73. The van der Waals surface area contributed by atoms with Crippen LogP contribution in [0.25, 0.3) is 5.69 Å². The van der Waals surface area contributed by atoms with Crippen LogP contribution in [0.15, 0.2) is 65.7 Å². The molecule has 0 aliphatic heterocycles. The molecule has 0 fully saturated rings. The van der Waals surface area contributed by atoms with Crippen molar-refractivity contribution < 1.29 is 9.90 Å². The standard InChI is InChI=1S/C20H18N2O2/c1-14-12-17(15(2)22(14)19-6-4-3-5-7-19)13-21-18-10-8-16(9-11-18)20(23)24/h3-13H,1-2H3,(H,23,24). The molecule has 0 bridgehead atoms. The number of aliphatic imine (C=N–C) groups is 1. The summed E-state index contributed by atoms with van der Waals surface area (Å²) in [7, 11) is 0. The predicted octanol–water partition coefficient (Wildman–Crippen LogP) is 4.54. The highest BCUT2D eigenvalue weighted by Crippen LogP contribution is 2.20. The molecular weight excluding hydrogens is 300 g/mol. The Morgan fingerprint density at radius 1 is 1.04 bits per heavy atom. The van der Waals surface area contributed by atoms with Crippen LogP contribution in [0, 0.1) is 13.8 Å². The van der Waals surface area contributed by atoms with Gasteiger partial charge in [0.2, 0.25) is 0 Å². The molecule has 4 nitrogen and oxygen atoms in total. The van der Waals surface area contributed by atoms with Crippen molar-refractivity contribution in [1.29, 1.82) is 0 Å². The lowest BCUT2D eigenvalue weighted by atomic mass is 10.2. The van der Waals surface area contributed by atoms with Crippen molar-refractivity contribution in [2.45, 2.75) is 13.8 Å². The second-order valence-electron chi connectivity index (χ2n) is 5.61. The molecule has 1 N–H and O–H groups in total. The van der Waals surface area contributed by atoms with Gasteiger partial charge >= 0.3 is 5.97 Å². The first kappa shape index (κ1) is 15.7. The van der Waals surface area contributed by atoms with E-state index in [1.807, 2.05) is 24.4 Å². The van der Waals surface area contributed by atoms with Gasteiger partial charge in [-0.1, -0.05) is 18.2 Å². The average molecular weight is 318 g/mol. The molecule has 1 aromatic heterocycles. The minimum Gasteiger partial charge on any atom is -0.478 e. The monoisotopic (exact) mass is 318 g/mol. The van der Waals surface area contributed by atoms with Crippen LogP contribution in [0.4, 0.5) is 5.69 Å². The van der Waals surface area contributed by atoms with Crippen LogP contribution >= 0.6 is 0 Å². The van der Waals surface area contributed by atoms with Gasteiger partial charge in [-0.2, -0.15) is 0 Å². The van der Waals surface area contributed by atoms with Crippen molar-refractivity contribution in [3.8, 4) is 5.69 Å². The minimum absolute atomic E-state index is 0.260. The van der Waals surface area contributed by atoms with Gasteiger partial charge in [-0.05, 0) is 56.3 Å². The van der Waals surface area contributed by atoms with E-state index in [0.29, 0.717) is 0 Å². The molecule has 0 unspecified atom stereocenters. The highest BCUT2D eigenvalue weighted by molar-refractivity contribution is 5.88. The number of hydrogen-bond acceptors (Lipinski definition) is 2. The summed E-state index contributed by atoms with van der Waals surface area (Å²) in [6, 6.07) is 18.8. The fourth-order valence-electron chi connectivity index (χ4n) is 2.73. The SMILES string of the molecule is Cc1cc(C=Nc2ccc(C(=O)O)cc2)c(C)n1-c1ccccc1. The Kier molecular flexibility index (Phi) is 4.29. The third-order valence-electron chi connectivity index (χ3n) is 3.95. The van der Waals surface area contributed by atoms with E-state index in [-0.39, 0.29) is 5.56 Å². The molecule has 0 atom stereocenters. The van der Waals surface area contributed by atoms with Gasteiger partial charge in [-0.15, -0.1) is 0 Å². The van der Waals surface area contributed by atoms with Crippen LogP contribution in [-0.2, 0) is 0 Å². The summed E-state index contributed by atoms with van der Waals surface area (Å²) < 4.78 is 2.19. The van der Waals surface area contributed by atoms with Gasteiger partial charge in [0.1, 0.15) is 0 Å². The lowest BCUT2D eigenvalue weighted by Crippen LogP contribution is -1.99. The second-order valence-corrected chi connectivity index (χ2v) is 5.61. The number of aryl methyl sites for hydroxylation is 1. The third kappa shape index (κ3) is 3.13. The van der Waals surface area contributed by atoms with Crippen LogP contribution in [0.2, 0.25) is 0 Å². The van der Waals surface area contributed by atoms with Crippen LogP contribution < -0.4 is 0 Å². The van der Waals surface area contributed by atoms with Gasteiger partial charge in [0.15, 0.2) is 0 Å². The van der Waals surface area contributed by atoms with Crippen LogP contribution in [0.3, 0.4) is 0 Å². The van der Waals surface area contributed by atoms with E-state index in [1.54, 1.807) is 24.3 Å². The molecule has 0 saturated heterocycles. The molecule has 0 spiro atoms. The number of aromatic carboxylic acids is 1. The van der Waals surface area contributed by atoms with E-state index in [2.05, 4.69) is 41.6 Å². The topological polar surface area (TPSA) is 54.6 Å². The Morgan fingerprint density at radius 2 is 1.71 bits per heavy atom. The Bertz CT molecular complexity index is 891. The zero-order valence-corrected chi connectivity index (χ0v) is 13.6. The van der Waals surface area contributed by atoms with Crippen molar-refractivity contribution in [3.05, 3.63) is 83.2 Å². The Hall–Kier alpha value is -3.14. The summed E-state index contributed by atoms with van der Waals surface area (Å²) in [5.74, 6) is -0.933. The summed E-state index contributed by atoms with van der Waals surface area (Å²) >= 11 is 0. The summed E-state index contributed by atoms with van der Waals surface area (Å²) in [5, 5.41) is 8.92. The summed E-state index contributed by atoms with van der Waals surface area (Å²) in [6.07, 6.45) is 1.82. The predicted molar refractivity (Wildman–Crippen MR) is 95.9 cm³/mol. The maximum absolute atomic E-state index is 10.9. The lowest BCUT2D eigenvalue weighted by Gasteiger charge is -2.08. The molecule has 4 heteroatoms. The van der Waals surface area contributed by atoms with E-state index in [1.165, 1.54) is 0 Å². The molecular formula is C20H18N2O2. The van der Waals surface area contributed by atoms with Crippen molar-refractivity contribution in [2.24, 2.45) is 4.99 Å². The van der Waals surface area contributed by atoms with E-state index >= 15 is 0 Å². The Balaban J connectivity index is 1.89. The van der Waals surface area contributed by atoms with Crippen molar-refractivity contribution >= 4 is 17.9 Å². The Morgan fingerprint density at radius 3 is 2.33 bits per heavy atom. The molecule has 0 aliphatic rings. The molecule has 0 amide bonds. The molecule has 3 aromatic rings. The minimum atomic E-state index is -0.933. The van der Waals surface area contributed by atoms with Crippen LogP contribution in [0.1, 0.15) is 27.3 Å². The number of para-hydroxylation sites is 1. The first-order chi connectivity index (χ1) is 11.6. The number of carbonyl (C=O) groups is 1. The average Bonchev–Trinajstić information content (AvgIpc) is 2.88. The number of carboxylic acids is 1. The van der Waals surface area contributed by atoms with Gasteiger partial charge in [-0.3, -0.25) is 4.99 Å². The number of benzene rings is 2. The van der Waals surface area contributed by atoms with E-state index in [0.717, 1.165) is 28.3 Å². The highest BCUT2D eigenvalue weighted by Gasteiger charge is 2.09. The molecule has 1 heterocycles. The van der Waals surface area contributed by atoms with E-state index in [4.69, 9.17) is 5.11 Å².